The molecule has 5 heteroatoms. The van der Waals surface area contributed by atoms with Crippen molar-refractivity contribution >= 4 is 5.91 Å². The van der Waals surface area contributed by atoms with Gasteiger partial charge in [0.15, 0.2) is 0 Å². The molecule has 0 aromatic carbocycles. The van der Waals surface area contributed by atoms with Gasteiger partial charge < -0.3 is 20.5 Å². The SMILES string of the molecule is CC1CC(CN)(C(=O)N2CCOCC2CO)C1. The highest BCUT2D eigenvalue weighted by atomic mass is 16.5. The fraction of sp³-hybridized carbons (Fsp3) is 0.917. The molecule has 1 amide bonds. The monoisotopic (exact) mass is 242 g/mol. The molecule has 2 aliphatic rings. The minimum atomic E-state index is -0.371. The van der Waals surface area contributed by atoms with Gasteiger partial charge in [0.05, 0.1) is 31.3 Å². The number of hydrogen-bond donors (Lipinski definition) is 2. The zero-order valence-corrected chi connectivity index (χ0v) is 10.4. The lowest BCUT2D eigenvalue weighted by Crippen LogP contribution is -2.60. The maximum atomic E-state index is 12.5. The summed E-state index contributed by atoms with van der Waals surface area (Å²) in [5.74, 6) is 0.691. The molecule has 2 fully saturated rings. The summed E-state index contributed by atoms with van der Waals surface area (Å²) in [7, 11) is 0. The number of aliphatic hydroxyl groups is 1. The molecular weight excluding hydrogens is 220 g/mol. The van der Waals surface area contributed by atoms with Gasteiger partial charge in [-0.3, -0.25) is 4.79 Å². The topological polar surface area (TPSA) is 75.8 Å². The predicted octanol–water partition coefficient (Wildman–Crippen LogP) is -0.419. The van der Waals surface area contributed by atoms with Crippen molar-refractivity contribution in [2.24, 2.45) is 17.1 Å². The van der Waals surface area contributed by atoms with Gasteiger partial charge in [0.1, 0.15) is 0 Å². The minimum absolute atomic E-state index is 0.0397. The number of amides is 1. The van der Waals surface area contributed by atoms with Crippen LogP contribution in [0.5, 0.6) is 0 Å². The van der Waals surface area contributed by atoms with Crippen molar-refractivity contribution in [3.05, 3.63) is 0 Å². The summed E-state index contributed by atoms with van der Waals surface area (Å²) in [5, 5.41) is 9.29. The maximum absolute atomic E-state index is 12.5. The van der Waals surface area contributed by atoms with Crippen LogP contribution >= 0.6 is 0 Å². The lowest BCUT2D eigenvalue weighted by Gasteiger charge is -2.49. The van der Waals surface area contributed by atoms with E-state index in [2.05, 4.69) is 6.92 Å². The van der Waals surface area contributed by atoms with Gasteiger partial charge in [0.2, 0.25) is 5.91 Å². The van der Waals surface area contributed by atoms with Gasteiger partial charge in [-0.05, 0) is 18.8 Å². The molecule has 1 saturated heterocycles. The fourth-order valence-corrected chi connectivity index (χ4v) is 3.08. The summed E-state index contributed by atoms with van der Waals surface area (Å²) < 4.78 is 5.29. The molecule has 0 bridgehead atoms. The number of aliphatic hydroxyl groups excluding tert-OH is 1. The quantitative estimate of drug-likeness (QED) is 0.705. The predicted molar refractivity (Wildman–Crippen MR) is 63.3 cm³/mol. The van der Waals surface area contributed by atoms with Crippen molar-refractivity contribution in [1.29, 1.82) is 0 Å². The molecule has 1 unspecified atom stereocenters. The van der Waals surface area contributed by atoms with Crippen molar-refractivity contribution in [3.63, 3.8) is 0 Å². The normalized spacial score (nSPS) is 37.7. The second-order valence-electron chi connectivity index (χ2n) is 5.41. The molecule has 0 aromatic heterocycles. The Balaban J connectivity index is 2.07. The van der Waals surface area contributed by atoms with Crippen LogP contribution in [0.3, 0.4) is 0 Å². The number of carbonyl (C=O) groups excluding carboxylic acids is 1. The lowest BCUT2D eigenvalue weighted by molar-refractivity contribution is -0.160. The number of nitrogens with two attached hydrogens (primary N) is 1. The number of ether oxygens (including phenoxy) is 1. The summed E-state index contributed by atoms with van der Waals surface area (Å²) in [6, 6.07) is -0.199. The van der Waals surface area contributed by atoms with Crippen LogP contribution in [0.1, 0.15) is 19.8 Å². The summed E-state index contributed by atoms with van der Waals surface area (Å²) in [4.78, 5) is 14.3. The van der Waals surface area contributed by atoms with Gasteiger partial charge in [-0.25, -0.2) is 0 Å². The van der Waals surface area contributed by atoms with Crippen molar-refractivity contribution in [2.75, 3.05) is 32.9 Å². The minimum Gasteiger partial charge on any atom is -0.394 e. The summed E-state index contributed by atoms with van der Waals surface area (Å²) >= 11 is 0. The first-order valence-electron chi connectivity index (χ1n) is 6.32. The highest BCUT2D eigenvalue weighted by Crippen LogP contribution is 2.46. The summed E-state index contributed by atoms with van der Waals surface area (Å²) in [6.07, 6.45) is 1.75. The third-order valence-electron chi connectivity index (χ3n) is 4.02. The van der Waals surface area contributed by atoms with E-state index in [1.54, 1.807) is 4.90 Å². The third-order valence-corrected chi connectivity index (χ3v) is 4.02. The number of nitrogens with zero attached hydrogens (tertiary/aromatic N) is 1. The fourth-order valence-electron chi connectivity index (χ4n) is 3.08. The Morgan fingerprint density at radius 3 is 2.82 bits per heavy atom. The second-order valence-corrected chi connectivity index (χ2v) is 5.41. The molecule has 0 aromatic rings. The van der Waals surface area contributed by atoms with E-state index in [-0.39, 0.29) is 24.0 Å². The average molecular weight is 242 g/mol. The number of carbonyl (C=O) groups is 1. The van der Waals surface area contributed by atoms with Crippen molar-refractivity contribution in [3.8, 4) is 0 Å². The van der Waals surface area contributed by atoms with E-state index >= 15 is 0 Å². The molecule has 17 heavy (non-hydrogen) atoms. The number of rotatable bonds is 3. The van der Waals surface area contributed by atoms with E-state index < -0.39 is 0 Å². The van der Waals surface area contributed by atoms with Crippen LogP contribution < -0.4 is 5.73 Å². The molecule has 1 aliphatic carbocycles. The van der Waals surface area contributed by atoms with Gasteiger partial charge in [-0.15, -0.1) is 0 Å². The van der Waals surface area contributed by atoms with Gasteiger partial charge in [0.25, 0.3) is 0 Å². The van der Waals surface area contributed by atoms with Crippen molar-refractivity contribution in [2.45, 2.75) is 25.8 Å². The molecule has 1 aliphatic heterocycles. The smallest absolute Gasteiger partial charge is 0.230 e. The van der Waals surface area contributed by atoms with E-state index in [0.717, 1.165) is 12.8 Å². The van der Waals surface area contributed by atoms with Crippen LogP contribution in [0.4, 0.5) is 0 Å². The first-order chi connectivity index (χ1) is 8.13. The van der Waals surface area contributed by atoms with Gasteiger partial charge in [-0.2, -0.15) is 0 Å². The van der Waals surface area contributed by atoms with Crippen molar-refractivity contribution in [1.82, 2.24) is 4.90 Å². The van der Waals surface area contributed by atoms with Crippen LogP contribution in [0.15, 0.2) is 0 Å². The van der Waals surface area contributed by atoms with Gasteiger partial charge in [-0.1, -0.05) is 6.92 Å². The zero-order valence-electron chi connectivity index (χ0n) is 10.4. The van der Waals surface area contributed by atoms with Crippen molar-refractivity contribution < 1.29 is 14.6 Å². The molecular formula is C12H22N2O3. The molecule has 1 heterocycles. The Bertz CT molecular complexity index is 289. The molecule has 2 rings (SSSR count). The third kappa shape index (κ3) is 2.19. The Kier molecular flexibility index (Phi) is 3.70. The number of hydrogen-bond acceptors (Lipinski definition) is 4. The number of morpholine rings is 1. The molecule has 3 N–H and O–H groups in total. The molecule has 1 saturated carbocycles. The second kappa shape index (κ2) is 4.92. The van der Waals surface area contributed by atoms with Gasteiger partial charge in [0, 0.05) is 13.1 Å². The van der Waals surface area contributed by atoms with Crippen LogP contribution in [-0.4, -0.2) is 54.9 Å². The first-order valence-corrected chi connectivity index (χ1v) is 6.32. The molecule has 5 nitrogen and oxygen atoms in total. The van der Waals surface area contributed by atoms with Crippen LogP contribution in [0.25, 0.3) is 0 Å². The van der Waals surface area contributed by atoms with E-state index in [0.29, 0.717) is 32.2 Å². The standard InChI is InChI=1S/C12H22N2O3/c1-9-4-12(5-9,8-13)11(16)14-2-3-17-7-10(14)6-15/h9-10,15H,2-8,13H2,1H3. The molecule has 98 valence electrons. The molecule has 0 radical (unpaired) electrons. The molecule has 0 spiro atoms. The van der Waals surface area contributed by atoms with E-state index in [4.69, 9.17) is 10.5 Å². The van der Waals surface area contributed by atoms with Crippen LogP contribution in [-0.2, 0) is 9.53 Å². The largest absolute Gasteiger partial charge is 0.394 e. The Labute approximate surface area is 102 Å². The summed E-state index contributed by atoms with van der Waals surface area (Å²) in [5.41, 5.74) is 5.41. The lowest BCUT2D eigenvalue weighted by atomic mass is 9.61. The zero-order chi connectivity index (χ0) is 12.5. The maximum Gasteiger partial charge on any atom is 0.230 e. The Morgan fingerprint density at radius 1 is 1.59 bits per heavy atom. The van der Waals surface area contributed by atoms with Crippen LogP contribution in [0, 0.1) is 11.3 Å². The summed E-state index contributed by atoms with van der Waals surface area (Å²) in [6.45, 7) is 4.06. The van der Waals surface area contributed by atoms with E-state index in [1.807, 2.05) is 0 Å². The highest BCUT2D eigenvalue weighted by Gasteiger charge is 2.50. The Hall–Kier alpha value is -0.650. The average Bonchev–Trinajstić information content (AvgIpc) is 2.33. The highest BCUT2D eigenvalue weighted by molar-refractivity contribution is 5.84. The van der Waals surface area contributed by atoms with Crippen LogP contribution in [0.2, 0.25) is 0 Å². The molecule has 1 atom stereocenters. The van der Waals surface area contributed by atoms with E-state index in [9.17, 15) is 9.90 Å². The Morgan fingerprint density at radius 2 is 2.29 bits per heavy atom. The van der Waals surface area contributed by atoms with E-state index in [1.165, 1.54) is 0 Å². The van der Waals surface area contributed by atoms with Gasteiger partial charge >= 0.3 is 0 Å². The first kappa shape index (κ1) is 12.8.